The summed E-state index contributed by atoms with van der Waals surface area (Å²) in [6.07, 6.45) is 7.42. The summed E-state index contributed by atoms with van der Waals surface area (Å²) in [5, 5.41) is 9.51. The Bertz CT molecular complexity index is 978. The van der Waals surface area contributed by atoms with Gasteiger partial charge >= 0.3 is 5.97 Å². The van der Waals surface area contributed by atoms with Gasteiger partial charge in [-0.05, 0) is 50.0 Å². The van der Waals surface area contributed by atoms with E-state index >= 15 is 0 Å². The third kappa shape index (κ3) is 4.97. The van der Waals surface area contributed by atoms with Gasteiger partial charge in [-0.1, -0.05) is 13.8 Å². The van der Waals surface area contributed by atoms with Crippen molar-refractivity contribution in [1.82, 2.24) is 9.97 Å². The van der Waals surface area contributed by atoms with Gasteiger partial charge in [0.1, 0.15) is 0 Å². The van der Waals surface area contributed by atoms with E-state index in [1.165, 1.54) is 6.07 Å². The van der Waals surface area contributed by atoms with E-state index in [0.717, 1.165) is 44.5 Å². The molecule has 1 N–H and O–H groups in total. The van der Waals surface area contributed by atoms with Crippen LogP contribution in [0, 0.1) is 24.1 Å². The molecule has 0 unspecified atom stereocenters. The lowest BCUT2D eigenvalue weighted by Gasteiger charge is -2.40. The van der Waals surface area contributed by atoms with Gasteiger partial charge in [0, 0.05) is 47.9 Å². The highest BCUT2D eigenvalue weighted by atomic mass is 19.1. The topological polar surface area (TPSA) is 75.6 Å². The molecule has 0 spiro atoms. The summed E-state index contributed by atoms with van der Waals surface area (Å²) in [6.45, 7) is 8.45. The van der Waals surface area contributed by atoms with E-state index in [0.29, 0.717) is 34.9 Å². The average Bonchev–Trinajstić information content (AvgIpc) is 3.53. The van der Waals surface area contributed by atoms with Gasteiger partial charge in [-0.15, -0.1) is 0 Å². The molecule has 1 aliphatic carbocycles. The van der Waals surface area contributed by atoms with Crippen LogP contribution in [0.15, 0.2) is 18.5 Å². The Kier molecular flexibility index (Phi) is 5.86. The molecule has 166 valence electrons. The standard InChI is InChI=1S/C24H30FN3O3/c1-15-18(11-21(29)30)22(28-8-6-24(2,3)7-9-28)19(13-26-15)17-10-20(25)23(27-12-17)31-14-16-4-5-16/h10,12-13,16H,4-9,11,14H2,1-3H3,(H,29,30). The maximum atomic E-state index is 14.8. The first-order valence-electron chi connectivity index (χ1n) is 11.0. The lowest BCUT2D eigenvalue weighted by molar-refractivity contribution is -0.136. The number of halogens is 1. The van der Waals surface area contributed by atoms with Gasteiger partial charge in [0.05, 0.1) is 18.7 Å². The van der Waals surface area contributed by atoms with E-state index in [1.54, 1.807) is 12.4 Å². The van der Waals surface area contributed by atoms with Crippen LogP contribution in [0.25, 0.3) is 11.1 Å². The molecule has 4 rings (SSSR count). The molecule has 31 heavy (non-hydrogen) atoms. The Morgan fingerprint density at radius 1 is 1.26 bits per heavy atom. The highest BCUT2D eigenvalue weighted by Gasteiger charge is 2.30. The van der Waals surface area contributed by atoms with E-state index in [-0.39, 0.29) is 17.7 Å². The largest absolute Gasteiger partial charge is 0.481 e. The predicted molar refractivity (Wildman–Crippen MR) is 117 cm³/mol. The molecule has 0 amide bonds. The van der Waals surface area contributed by atoms with Crippen LogP contribution in [0.5, 0.6) is 5.88 Å². The van der Waals surface area contributed by atoms with Gasteiger partial charge < -0.3 is 14.7 Å². The van der Waals surface area contributed by atoms with Gasteiger partial charge in [-0.2, -0.15) is 0 Å². The third-order valence-corrected chi connectivity index (χ3v) is 6.40. The first-order chi connectivity index (χ1) is 14.7. The van der Waals surface area contributed by atoms with E-state index < -0.39 is 11.8 Å². The fourth-order valence-corrected chi connectivity index (χ4v) is 4.07. The number of carboxylic acid groups (broad SMARTS) is 1. The quantitative estimate of drug-likeness (QED) is 0.694. The second-order valence-electron chi connectivity index (χ2n) is 9.57. The van der Waals surface area contributed by atoms with Gasteiger partial charge in [0.15, 0.2) is 5.82 Å². The predicted octanol–water partition coefficient (Wildman–Crippen LogP) is 4.63. The minimum atomic E-state index is -0.909. The van der Waals surface area contributed by atoms with Crippen molar-refractivity contribution in [2.45, 2.75) is 52.9 Å². The summed E-state index contributed by atoms with van der Waals surface area (Å²) in [5.41, 5.74) is 3.73. The summed E-state index contributed by atoms with van der Waals surface area (Å²) >= 11 is 0. The number of carbonyl (C=O) groups is 1. The van der Waals surface area contributed by atoms with Gasteiger partial charge in [0.25, 0.3) is 0 Å². The number of rotatable bonds is 7. The fourth-order valence-electron chi connectivity index (χ4n) is 4.07. The average molecular weight is 428 g/mol. The molecule has 6 nitrogen and oxygen atoms in total. The Labute approximate surface area is 182 Å². The van der Waals surface area contributed by atoms with Crippen molar-refractivity contribution in [3.05, 3.63) is 35.5 Å². The minimum absolute atomic E-state index is 0.0164. The number of pyridine rings is 2. The van der Waals surface area contributed by atoms with Crippen LogP contribution in [0.3, 0.4) is 0 Å². The maximum Gasteiger partial charge on any atom is 0.307 e. The van der Waals surface area contributed by atoms with Gasteiger partial charge in [-0.25, -0.2) is 9.37 Å². The van der Waals surface area contributed by atoms with Crippen molar-refractivity contribution in [2.24, 2.45) is 11.3 Å². The normalized spacial score (nSPS) is 18.1. The molecule has 0 bridgehead atoms. The van der Waals surface area contributed by atoms with Crippen molar-refractivity contribution in [1.29, 1.82) is 0 Å². The number of anilines is 1. The van der Waals surface area contributed by atoms with Crippen LogP contribution in [0.1, 0.15) is 50.8 Å². The lowest BCUT2D eigenvalue weighted by atomic mass is 9.82. The zero-order chi connectivity index (χ0) is 22.2. The number of hydrogen-bond acceptors (Lipinski definition) is 5. The third-order valence-electron chi connectivity index (χ3n) is 6.40. The van der Waals surface area contributed by atoms with E-state index in [2.05, 4.69) is 28.7 Å². The Morgan fingerprint density at radius 3 is 2.58 bits per heavy atom. The monoisotopic (exact) mass is 427 g/mol. The molecule has 1 saturated heterocycles. The van der Waals surface area contributed by atoms with Crippen LogP contribution >= 0.6 is 0 Å². The summed E-state index contributed by atoms with van der Waals surface area (Å²) in [7, 11) is 0. The van der Waals surface area contributed by atoms with E-state index in [1.807, 2.05) is 6.92 Å². The summed E-state index contributed by atoms with van der Waals surface area (Å²) in [5.74, 6) is -0.892. The molecular formula is C24H30FN3O3. The minimum Gasteiger partial charge on any atom is -0.481 e. The Morgan fingerprint density at radius 2 is 1.97 bits per heavy atom. The molecule has 1 aliphatic heterocycles. The first kappa shape index (κ1) is 21.5. The molecule has 2 aromatic rings. The highest BCUT2D eigenvalue weighted by Crippen LogP contribution is 2.40. The van der Waals surface area contributed by atoms with Crippen LogP contribution in [0.2, 0.25) is 0 Å². The SMILES string of the molecule is Cc1ncc(-c2cnc(OCC3CC3)c(F)c2)c(N2CCC(C)(C)CC2)c1CC(=O)O. The molecule has 2 aromatic heterocycles. The Hall–Kier alpha value is -2.70. The lowest BCUT2D eigenvalue weighted by Crippen LogP contribution is -2.38. The van der Waals surface area contributed by atoms with Crippen molar-refractivity contribution >= 4 is 11.7 Å². The molecule has 0 aromatic carbocycles. The molecule has 2 fully saturated rings. The van der Waals surface area contributed by atoms with E-state index in [4.69, 9.17) is 4.74 Å². The number of nitrogens with zero attached hydrogens (tertiary/aromatic N) is 3. The van der Waals surface area contributed by atoms with Crippen molar-refractivity contribution in [3.63, 3.8) is 0 Å². The van der Waals surface area contributed by atoms with Crippen LogP contribution in [-0.4, -0.2) is 40.7 Å². The van der Waals surface area contributed by atoms with Gasteiger partial charge in [0.2, 0.25) is 5.88 Å². The summed E-state index contributed by atoms with van der Waals surface area (Å²) in [6, 6.07) is 1.42. The number of hydrogen-bond donors (Lipinski definition) is 1. The highest BCUT2D eigenvalue weighted by molar-refractivity contribution is 5.84. The van der Waals surface area contributed by atoms with Crippen LogP contribution in [0.4, 0.5) is 10.1 Å². The number of carboxylic acids is 1. The number of aliphatic carboxylic acids is 1. The smallest absolute Gasteiger partial charge is 0.307 e. The number of piperidine rings is 1. The fraction of sp³-hybridized carbons (Fsp3) is 0.542. The first-order valence-corrected chi connectivity index (χ1v) is 11.0. The van der Waals surface area contributed by atoms with Crippen LogP contribution in [-0.2, 0) is 11.2 Å². The van der Waals surface area contributed by atoms with E-state index in [9.17, 15) is 14.3 Å². The molecule has 0 radical (unpaired) electrons. The number of aryl methyl sites for hydroxylation is 1. The van der Waals surface area contributed by atoms with Crippen molar-refractivity contribution in [2.75, 3.05) is 24.6 Å². The summed E-state index contributed by atoms with van der Waals surface area (Å²) < 4.78 is 20.3. The number of ether oxygens (including phenoxy) is 1. The van der Waals surface area contributed by atoms with Crippen LogP contribution < -0.4 is 9.64 Å². The Balaban J connectivity index is 1.72. The molecule has 1 saturated carbocycles. The molecular weight excluding hydrogens is 397 g/mol. The molecule has 7 heteroatoms. The zero-order valence-electron chi connectivity index (χ0n) is 18.4. The van der Waals surface area contributed by atoms with Gasteiger partial charge in [-0.3, -0.25) is 9.78 Å². The second-order valence-corrected chi connectivity index (χ2v) is 9.57. The van der Waals surface area contributed by atoms with Crippen molar-refractivity contribution < 1.29 is 19.0 Å². The molecule has 0 atom stereocenters. The number of aromatic nitrogens is 2. The molecule has 2 aliphatic rings. The summed E-state index contributed by atoms with van der Waals surface area (Å²) in [4.78, 5) is 22.5. The second kappa shape index (κ2) is 8.44. The molecule has 3 heterocycles. The van der Waals surface area contributed by atoms with Crippen molar-refractivity contribution in [3.8, 4) is 17.0 Å². The zero-order valence-corrected chi connectivity index (χ0v) is 18.4. The maximum absolute atomic E-state index is 14.8.